The number of hydrogen-bond donors (Lipinski definition) is 0. The quantitative estimate of drug-likeness (QED) is 0.363. The molecule has 0 aliphatic carbocycles. The average Bonchev–Trinajstić information content (AvgIpc) is 2.37. The number of hydrogen-bond acceptors (Lipinski definition) is 0. The van der Waals surface area contributed by atoms with Crippen molar-refractivity contribution in [3.8, 4) is 0 Å². The average molecular weight is 390 g/mol. The lowest BCUT2D eigenvalue weighted by molar-refractivity contribution is -0.976. The van der Waals surface area contributed by atoms with Crippen LogP contribution in [0.5, 0.6) is 0 Å². The zero-order valence-corrected chi connectivity index (χ0v) is 16.5. The van der Waals surface area contributed by atoms with Crippen molar-refractivity contribution in [1.82, 2.24) is 0 Å². The molecule has 0 bridgehead atoms. The maximum atomic E-state index is 2.34. The Balaban J connectivity index is -0.00000112. The second-order valence-corrected chi connectivity index (χ2v) is 5.03. The molecule has 0 radical (unpaired) electrons. The van der Waals surface area contributed by atoms with E-state index in [0.29, 0.717) is 0 Å². The molecule has 0 aromatic heterocycles. The van der Waals surface area contributed by atoms with Gasteiger partial charge in [0.05, 0.1) is 39.3 Å². The third-order valence-corrected chi connectivity index (χ3v) is 5.07. The summed E-state index contributed by atoms with van der Waals surface area (Å²) in [4.78, 5) is 0. The van der Waals surface area contributed by atoms with Crippen molar-refractivity contribution in [2.75, 3.05) is 52.4 Å². The molecule has 0 fully saturated rings. The number of nitrogens with zero attached hydrogens (tertiary/aromatic N) is 2. The molecule has 0 N–H and O–H groups in total. The van der Waals surface area contributed by atoms with E-state index in [1.807, 2.05) is 0 Å². The molecule has 0 saturated carbocycles. The molecule has 0 aromatic rings. The maximum absolute atomic E-state index is 2.34. The van der Waals surface area contributed by atoms with Crippen LogP contribution in [0.2, 0.25) is 0 Å². The Kier molecular flexibility index (Phi) is 15.5. The van der Waals surface area contributed by atoms with Gasteiger partial charge in [0, 0.05) is 0 Å². The minimum absolute atomic E-state index is 0. The van der Waals surface area contributed by atoms with Crippen LogP contribution < -0.4 is 34.0 Å². The Hall–Kier alpha value is 0.880. The van der Waals surface area contributed by atoms with Gasteiger partial charge in [0.25, 0.3) is 0 Å². The van der Waals surface area contributed by atoms with Crippen LogP contribution in [0.25, 0.3) is 0 Å². The molecule has 4 heteroatoms. The van der Waals surface area contributed by atoms with Gasteiger partial charge in [-0.25, -0.2) is 0 Å². The molecule has 0 rings (SSSR count). The van der Waals surface area contributed by atoms with Crippen molar-refractivity contribution in [1.29, 1.82) is 0 Å². The minimum Gasteiger partial charge on any atom is -1.00 e. The molecule has 0 unspecified atom stereocenters. The summed E-state index contributed by atoms with van der Waals surface area (Å²) >= 11 is 0. The second kappa shape index (κ2) is 11.7. The smallest absolute Gasteiger partial charge is 0.128 e. The summed E-state index contributed by atoms with van der Waals surface area (Å²) < 4.78 is 2.58. The Morgan fingerprint density at radius 1 is 0.444 bits per heavy atom. The SMILES string of the molecule is CC[N+](CC)(CC)CC[N+](CC)(CC)CC.[Br-].[Br-]. The summed E-state index contributed by atoms with van der Waals surface area (Å²) in [6.07, 6.45) is 0. The van der Waals surface area contributed by atoms with Crippen LogP contribution in [0, 0.1) is 0 Å². The number of halogens is 2. The molecule has 0 aliphatic heterocycles. The number of likely N-dealkylation sites (N-methyl/N-ethyl adjacent to an activating group) is 2. The zero-order valence-electron chi connectivity index (χ0n) is 13.3. The predicted molar refractivity (Wildman–Crippen MR) is 73.5 cm³/mol. The number of rotatable bonds is 9. The molecule has 18 heavy (non-hydrogen) atoms. The Morgan fingerprint density at radius 2 is 0.611 bits per heavy atom. The first-order valence-corrected chi connectivity index (χ1v) is 7.27. The highest BCUT2D eigenvalue weighted by molar-refractivity contribution is 4.42. The fourth-order valence-electron chi connectivity index (χ4n) is 2.71. The van der Waals surface area contributed by atoms with E-state index in [4.69, 9.17) is 0 Å². The molecule has 0 spiro atoms. The fraction of sp³-hybridized carbons (Fsp3) is 1.00. The van der Waals surface area contributed by atoms with Gasteiger partial charge >= 0.3 is 0 Å². The maximum Gasteiger partial charge on any atom is 0.128 e. The lowest BCUT2D eigenvalue weighted by Gasteiger charge is -2.41. The van der Waals surface area contributed by atoms with E-state index >= 15 is 0 Å². The van der Waals surface area contributed by atoms with Gasteiger partial charge in [0.1, 0.15) is 13.1 Å². The summed E-state index contributed by atoms with van der Waals surface area (Å²) in [5.41, 5.74) is 0. The first-order chi connectivity index (χ1) is 7.57. The Morgan fingerprint density at radius 3 is 0.722 bits per heavy atom. The van der Waals surface area contributed by atoms with Gasteiger partial charge in [-0.05, 0) is 41.5 Å². The standard InChI is InChI=1S/C14H34N2.2BrH/c1-7-15(8-2,9-3)13-14-16(10-4,11-5)12-6;;/h7-14H2,1-6H3;2*1H/q+2;;/p-2. The van der Waals surface area contributed by atoms with Crippen LogP contribution in [0.15, 0.2) is 0 Å². The third kappa shape index (κ3) is 6.36. The Bertz CT molecular complexity index is 142. The van der Waals surface area contributed by atoms with E-state index in [0.717, 1.165) is 0 Å². The van der Waals surface area contributed by atoms with E-state index in [1.165, 1.54) is 61.3 Å². The molecule has 0 aliphatic rings. The van der Waals surface area contributed by atoms with Crippen molar-refractivity contribution < 1.29 is 42.9 Å². The summed E-state index contributed by atoms with van der Waals surface area (Å²) in [6.45, 7) is 24.4. The largest absolute Gasteiger partial charge is 1.00 e. The molecule has 0 heterocycles. The van der Waals surface area contributed by atoms with E-state index < -0.39 is 0 Å². The van der Waals surface area contributed by atoms with Crippen LogP contribution in [0.3, 0.4) is 0 Å². The Labute approximate surface area is 136 Å². The molecule has 0 atom stereocenters. The van der Waals surface area contributed by atoms with Crippen LogP contribution in [-0.2, 0) is 0 Å². The van der Waals surface area contributed by atoms with Gasteiger partial charge in [-0.1, -0.05) is 0 Å². The minimum atomic E-state index is 0. The van der Waals surface area contributed by atoms with E-state index in [1.54, 1.807) is 0 Å². The molecule has 0 amide bonds. The zero-order chi connectivity index (χ0) is 12.7. The van der Waals surface area contributed by atoms with Gasteiger partial charge < -0.3 is 42.9 Å². The molecule has 0 saturated heterocycles. The summed E-state index contributed by atoms with van der Waals surface area (Å²) in [7, 11) is 0. The van der Waals surface area contributed by atoms with Crippen LogP contribution in [0.1, 0.15) is 41.5 Å². The van der Waals surface area contributed by atoms with Crippen molar-refractivity contribution in [2.45, 2.75) is 41.5 Å². The first kappa shape index (κ1) is 23.9. The van der Waals surface area contributed by atoms with E-state index in [2.05, 4.69) is 41.5 Å². The number of quaternary nitrogens is 2. The third-order valence-electron chi connectivity index (χ3n) is 5.07. The molecular weight excluding hydrogens is 356 g/mol. The van der Waals surface area contributed by atoms with Gasteiger partial charge in [-0.15, -0.1) is 0 Å². The van der Waals surface area contributed by atoms with Crippen molar-refractivity contribution in [3.63, 3.8) is 0 Å². The highest BCUT2D eigenvalue weighted by Crippen LogP contribution is 2.11. The topological polar surface area (TPSA) is 0 Å². The van der Waals surface area contributed by atoms with Crippen molar-refractivity contribution in [3.05, 3.63) is 0 Å². The highest BCUT2D eigenvalue weighted by atomic mass is 79.9. The monoisotopic (exact) mass is 388 g/mol. The van der Waals surface area contributed by atoms with Crippen molar-refractivity contribution in [2.24, 2.45) is 0 Å². The molecule has 2 nitrogen and oxygen atoms in total. The van der Waals surface area contributed by atoms with E-state index in [-0.39, 0.29) is 34.0 Å². The molecule has 0 aromatic carbocycles. The lowest BCUT2D eigenvalue weighted by atomic mass is 10.2. The van der Waals surface area contributed by atoms with Gasteiger partial charge in [0.15, 0.2) is 0 Å². The van der Waals surface area contributed by atoms with Crippen LogP contribution in [0.4, 0.5) is 0 Å². The summed E-state index contributed by atoms with van der Waals surface area (Å²) in [5, 5.41) is 0. The normalized spacial score (nSPS) is 11.7. The van der Waals surface area contributed by atoms with Gasteiger partial charge in [-0.3, -0.25) is 0 Å². The first-order valence-electron chi connectivity index (χ1n) is 7.27. The van der Waals surface area contributed by atoms with Crippen molar-refractivity contribution >= 4 is 0 Å². The molecular formula is C14H34Br2N2. The van der Waals surface area contributed by atoms with Gasteiger partial charge in [0.2, 0.25) is 0 Å². The molecule has 114 valence electrons. The predicted octanol–water partition coefficient (Wildman–Crippen LogP) is -3.25. The van der Waals surface area contributed by atoms with E-state index in [9.17, 15) is 0 Å². The second-order valence-electron chi connectivity index (χ2n) is 5.03. The summed E-state index contributed by atoms with van der Waals surface area (Å²) in [6, 6.07) is 0. The lowest BCUT2D eigenvalue weighted by Crippen LogP contribution is -3.00. The highest BCUT2D eigenvalue weighted by Gasteiger charge is 2.28. The fourth-order valence-corrected chi connectivity index (χ4v) is 2.71. The van der Waals surface area contributed by atoms with Crippen LogP contribution in [-0.4, -0.2) is 61.3 Å². The summed E-state index contributed by atoms with van der Waals surface area (Å²) in [5.74, 6) is 0. The van der Waals surface area contributed by atoms with Gasteiger partial charge in [-0.2, -0.15) is 0 Å². The van der Waals surface area contributed by atoms with Crippen LogP contribution >= 0.6 is 0 Å².